The molecule has 16 heteroatoms. The summed E-state index contributed by atoms with van der Waals surface area (Å²) in [6, 6.07) is 1.57. The third-order valence-electron chi connectivity index (χ3n) is 8.05. The quantitative estimate of drug-likeness (QED) is 0.235. The van der Waals surface area contributed by atoms with Crippen molar-refractivity contribution < 1.29 is 44.2 Å². The Morgan fingerprint density at radius 1 is 1.02 bits per heavy atom. The minimum Gasteiger partial charge on any atom is -0.489 e. The van der Waals surface area contributed by atoms with Gasteiger partial charge in [-0.3, -0.25) is 0 Å². The first-order valence-corrected chi connectivity index (χ1v) is 17.2. The highest BCUT2D eigenvalue weighted by atomic mass is 32.2. The molecule has 0 bridgehead atoms. The molecule has 0 amide bonds. The van der Waals surface area contributed by atoms with E-state index in [1.807, 2.05) is 13.0 Å². The topological polar surface area (TPSA) is 96.9 Å². The van der Waals surface area contributed by atoms with Gasteiger partial charge in [-0.05, 0) is 61.6 Å². The Labute approximate surface area is 270 Å². The molecule has 0 saturated heterocycles. The Balaban J connectivity index is 1.68. The number of allylic oxidation sites excluding steroid dienone is 1. The van der Waals surface area contributed by atoms with E-state index in [0.29, 0.717) is 18.2 Å². The second-order valence-corrected chi connectivity index (χ2v) is 13.9. The lowest BCUT2D eigenvalue weighted by Crippen LogP contribution is -2.42. The van der Waals surface area contributed by atoms with Gasteiger partial charge in [0, 0.05) is 33.0 Å². The number of nitrogens with zero attached hydrogens (tertiary/aromatic N) is 4. The van der Waals surface area contributed by atoms with Crippen LogP contribution in [0.4, 0.5) is 32.3 Å². The van der Waals surface area contributed by atoms with Crippen molar-refractivity contribution in [2.45, 2.75) is 57.7 Å². The van der Waals surface area contributed by atoms with Crippen LogP contribution in [0.2, 0.25) is 0 Å². The van der Waals surface area contributed by atoms with E-state index in [9.17, 15) is 34.8 Å². The van der Waals surface area contributed by atoms with Gasteiger partial charge in [0.05, 0.1) is 47.2 Å². The van der Waals surface area contributed by atoms with Crippen molar-refractivity contribution in [3.8, 4) is 5.75 Å². The monoisotopic (exact) mass is 691 g/mol. The third-order valence-corrected chi connectivity index (χ3v) is 8.96. The summed E-state index contributed by atoms with van der Waals surface area (Å²) in [5, 5.41) is 3.11. The summed E-state index contributed by atoms with van der Waals surface area (Å²) in [6.07, 6.45) is 1.06. The molecule has 2 aliphatic rings. The fraction of sp³-hybridized carbons (Fsp3) is 0.548. The van der Waals surface area contributed by atoms with Gasteiger partial charge in [0.15, 0.2) is 15.6 Å². The van der Waals surface area contributed by atoms with E-state index in [0.717, 1.165) is 56.3 Å². The number of nitrogens with one attached hydrogen (secondary N) is 1. The molecule has 1 saturated carbocycles. The van der Waals surface area contributed by atoms with Crippen molar-refractivity contribution in [1.29, 1.82) is 0 Å². The van der Waals surface area contributed by atoms with Crippen molar-refractivity contribution in [2.75, 3.05) is 50.7 Å². The lowest BCUT2D eigenvalue weighted by atomic mass is 10.0. The van der Waals surface area contributed by atoms with E-state index in [2.05, 4.69) is 20.2 Å². The number of benzene rings is 1. The molecule has 4 rings (SSSR count). The molecule has 1 aliphatic carbocycles. The van der Waals surface area contributed by atoms with Gasteiger partial charge in [0.25, 0.3) is 0 Å². The molecule has 1 unspecified atom stereocenters. The van der Waals surface area contributed by atoms with E-state index in [-0.39, 0.29) is 48.8 Å². The molecule has 9 nitrogen and oxygen atoms in total. The van der Waals surface area contributed by atoms with Crippen LogP contribution >= 0.6 is 0 Å². The zero-order chi connectivity index (χ0) is 34.4. The van der Waals surface area contributed by atoms with Crippen LogP contribution in [0.5, 0.6) is 5.75 Å². The molecule has 1 aromatic heterocycles. The number of halogens is 6. The molecular formula is C31H39F6N5O4S. The average Bonchev–Trinajstić information content (AvgIpc) is 3.51. The highest BCUT2D eigenvalue weighted by molar-refractivity contribution is 7.90. The normalized spacial score (nSPS) is 17.8. The minimum atomic E-state index is -4.98. The number of sulfone groups is 1. The van der Waals surface area contributed by atoms with E-state index < -0.39 is 39.5 Å². The van der Waals surface area contributed by atoms with E-state index in [4.69, 9.17) is 9.47 Å². The van der Waals surface area contributed by atoms with Crippen LogP contribution in [-0.2, 0) is 33.5 Å². The molecule has 1 aliphatic heterocycles. The number of hydrogen-bond donors (Lipinski definition) is 1. The number of methoxy groups -OCH3 is 1. The number of likely N-dealkylation sites (N-methyl/N-ethyl adjacent to an activating group) is 1. The van der Waals surface area contributed by atoms with Crippen LogP contribution in [0.15, 0.2) is 54.1 Å². The van der Waals surface area contributed by atoms with Crippen molar-refractivity contribution >= 4 is 15.8 Å². The fourth-order valence-corrected chi connectivity index (χ4v) is 6.10. The Kier molecular flexibility index (Phi) is 11.7. The summed E-state index contributed by atoms with van der Waals surface area (Å²) in [7, 11) is -1.81. The molecule has 0 radical (unpaired) electrons. The van der Waals surface area contributed by atoms with Gasteiger partial charge in [0.1, 0.15) is 12.8 Å². The first-order valence-electron chi connectivity index (χ1n) is 15.2. The largest absolute Gasteiger partial charge is 0.489 e. The van der Waals surface area contributed by atoms with Crippen molar-refractivity contribution in [2.24, 2.45) is 5.92 Å². The molecule has 2 aromatic rings. The number of rotatable bonds is 14. The summed E-state index contributed by atoms with van der Waals surface area (Å²) in [6.45, 7) is 3.00. The predicted molar refractivity (Wildman–Crippen MR) is 164 cm³/mol. The molecule has 1 atom stereocenters. The van der Waals surface area contributed by atoms with Crippen molar-refractivity contribution in [3.05, 3.63) is 70.8 Å². The van der Waals surface area contributed by atoms with Crippen LogP contribution < -0.4 is 10.1 Å². The molecule has 0 spiro atoms. The molecule has 1 N–H and O–H groups in total. The van der Waals surface area contributed by atoms with Gasteiger partial charge in [-0.2, -0.15) is 26.3 Å². The smallest absolute Gasteiger partial charge is 0.416 e. The van der Waals surface area contributed by atoms with Crippen molar-refractivity contribution in [1.82, 2.24) is 19.8 Å². The van der Waals surface area contributed by atoms with Crippen LogP contribution in [0, 0.1) is 5.92 Å². The average molecular weight is 692 g/mol. The number of ether oxygens (including phenoxy) is 2. The molecule has 47 heavy (non-hydrogen) atoms. The molecule has 1 fully saturated rings. The maximum atomic E-state index is 13.7. The Morgan fingerprint density at radius 3 is 2.17 bits per heavy atom. The lowest BCUT2D eigenvalue weighted by Gasteiger charge is -2.40. The highest BCUT2D eigenvalue weighted by Crippen LogP contribution is 2.38. The zero-order valence-electron chi connectivity index (χ0n) is 26.4. The van der Waals surface area contributed by atoms with E-state index in [1.165, 1.54) is 19.5 Å². The standard InChI is InChI=1S/C31H39F6N5O4S/c1-4-41(19-21-7-5-6-8-21)26-9-10-28(45-2)42(20-22-13-23(30(32,33)34)15-24(14-22)31(35,36)37)27(26)18-40-29-38-16-25(17-39-29)46-11-12-47(3,43)44/h9-10,13-17,21,28H,4-8,11-12,18-20H2,1-3H3,(H,38,39,40). The first-order chi connectivity index (χ1) is 22.1. The molecule has 260 valence electrons. The maximum absolute atomic E-state index is 13.7. The summed E-state index contributed by atoms with van der Waals surface area (Å²) >= 11 is 0. The Morgan fingerprint density at radius 2 is 1.64 bits per heavy atom. The fourth-order valence-electron chi connectivity index (χ4n) is 5.71. The Bertz CT molecular complexity index is 1490. The number of aromatic nitrogens is 2. The summed E-state index contributed by atoms with van der Waals surface area (Å²) in [5.41, 5.74) is -1.65. The van der Waals surface area contributed by atoms with Crippen LogP contribution in [0.25, 0.3) is 0 Å². The van der Waals surface area contributed by atoms with Gasteiger partial charge in [0.2, 0.25) is 5.95 Å². The van der Waals surface area contributed by atoms with Gasteiger partial charge >= 0.3 is 12.4 Å². The van der Waals surface area contributed by atoms with Gasteiger partial charge < -0.3 is 24.6 Å². The second kappa shape index (κ2) is 15.1. The van der Waals surface area contributed by atoms with Gasteiger partial charge in [-0.15, -0.1) is 0 Å². The van der Waals surface area contributed by atoms with E-state index in [1.54, 1.807) is 11.0 Å². The van der Waals surface area contributed by atoms with Crippen LogP contribution in [0.3, 0.4) is 0 Å². The minimum absolute atomic E-state index is 0.0556. The first kappa shape index (κ1) is 36.3. The van der Waals surface area contributed by atoms with Crippen LogP contribution in [0.1, 0.15) is 49.3 Å². The van der Waals surface area contributed by atoms with Gasteiger partial charge in [-0.25, -0.2) is 18.4 Å². The number of anilines is 1. The highest BCUT2D eigenvalue weighted by Gasteiger charge is 2.38. The van der Waals surface area contributed by atoms with Gasteiger partial charge in [-0.1, -0.05) is 12.8 Å². The second-order valence-electron chi connectivity index (χ2n) is 11.6. The molecule has 1 aromatic carbocycles. The van der Waals surface area contributed by atoms with Crippen LogP contribution in [-0.4, -0.2) is 79.8 Å². The third kappa shape index (κ3) is 10.2. The maximum Gasteiger partial charge on any atom is 0.416 e. The Hall–Kier alpha value is -3.53. The summed E-state index contributed by atoms with van der Waals surface area (Å²) in [5.74, 6) is 0.696. The van der Waals surface area contributed by atoms with E-state index >= 15 is 0 Å². The summed E-state index contributed by atoms with van der Waals surface area (Å²) in [4.78, 5) is 12.3. The number of hydrogen-bond acceptors (Lipinski definition) is 9. The predicted octanol–water partition coefficient (Wildman–Crippen LogP) is 6.12. The lowest BCUT2D eigenvalue weighted by molar-refractivity contribution is -0.143. The van der Waals surface area contributed by atoms with Crippen molar-refractivity contribution in [3.63, 3.8) is 0 Å². The number of alkyl halides is 6. The SMILES string of the molecule is CCN(CC1CCCC1)C1=C(CNc2ncc(OCCS(C)(=O)=O)cn2)N(Cc2cc(C(F)(F)F)cc(C(F)(F)F)c2)C(OC)C=C1. The molecular weight excluding hydrogens is 652 g/mol. The zero-order valence-corrected chi connectivity index (χ0v) is 27.2. The molecule has 2 heterocycles. The summed E-state index contributed by atoms with van der Waals surface area (Å²) < 4.78 is 116.